The average molecular weight is 344 g/mol. The van der Waals surface area contributed by atoms with Crippen molar-refractivity contribution >= 4 is 22.0 Å². The van der Waals surface area contributed by atoms with Crippen LogP contribution < -0.4 is 0 Å². The number of aromatic nitrogens is 1. The highest BCUT2D eigenvalue weighted by atomic mass is 79.9. The molecular formula is C15H21BrN2O2. The van der Waals surface area contributed by atoms with Crippen LogP contribution in [0.2, 0.25) is 0 Å². The molecule has 1 atom stereocenters. The van der Waals surface area contributed by atoms with E-state index in [-0.39, 0.29) is 34.9 Å². The Morgan fingerprint density at radius 3 is 3.00 bits per heavy atom. The van der Waals surface area contributed by atoms with E-state index in [1.54, 1.807) is 4.90 Å². The number of likely N-dealkylation sites (tertiary alicyclic amines) is 1. The fourth-order valence-electron chi connectivity index (χ4n) is 2.21. The third-order valence-electron chi connectivity index (χ3n) is 3.06. The summed E-state index contributed by atoms with van der Waals surface area (Å²) in [5.74, 6) is -0.138. The predicted molar refractivity (Wildman–Crippen MR) is 81.7 cm³/mol. The second-order valence-electron chi connectivity index (χ2n) is 5.95. The molecule has 2 rings (SSSR count). The van der Waals surface area contributed by atoms with Gasteiger partial charge in [0.15, 0.2) is 0 Å². The molecule has 1 aromatic heterocycles. The van der Waals surface area contributed by atoms with E-state index < -0.39 is 5.60 Å². The van der Waals surface area contributed by atoms with Crippen molar-refractivity contribution in [2.45, 2.75) is 45.1 Å². The second-order valence-corrected chi connectivity index (χ2v) is 6.75. The van der Waals surface area contributed by atoms with Crippen molar-refractivity contribution < 1.29 is 13.6 Å². The number of hydrogen-bond donors (Lipinski definition) is 0. The number of hydrogen-bond acceptors (Lipinski definition) is 3. The van der Waals surface area contributed by atoms with Gasteiger partial charge in [0.25, 0.3) is 0 Å². The molecule has 1 amide bonds. The number of amides is 1. The minimum absolute atomic E-state index is 0.0563. The lowest BCUT2D eigenvalue weighted by atomic mass is 9.92. The average Bonchev–Trinajstić information content (AvgIpc) is 2.43. The quantitative estimate of drug-likeness (QED) is 0.774. The summed E-state index contributed by atoms with van der Waals surface area (Å²) in [6.07, 6.45) is 1.03. The van der Waals surface area contributed by atoms with Crippen molar-refractivity contribution in [2.24, 2.45) is 0 Å². The number of nitrogens with zero attached hydrogens (tertiary/aromatic N) is 2. The minimum atomic E-state index is -0.553. The van der Waals surface area contributed by atoms with Crippen LogP contribution in [0.1, 0.15) is 49.2 Å². The van der Waals surface area contributed by atoms with Gasteiger partial charge in [0.1, 0.15) is 5.60 Å². The third-order valence-corrected chi connectivity index (χ3v) is 3.43. The predicted octanol–water partition coefficient (Wildman–Crippen LogP) is 3.96. The Morgan fingerprint density at radius 1 is 1.55 bits per heavy atom. The summed E-state index contributed by atoms with van der Waals surface area (Å²) in [6.45, 7) is 6.48. The van der Waals surface area contributed by atoms with Gasteiger partial charge in [-0.05, 0) is 61.1 Å². The van der Waals surface area contributed by atoms with E-state index in [9.17, 15) is 4.79 Å². The molecule has 1 aliphatic heterocycles. The molecule has 1 aromatic rings. The molecule has 0 radical (unpaired) electrons. The zero-order chi connectivity index (χ0) is 17.4. The molecule has 4 nitrogen and oxygen atoms in total. The zero-order valence-electron chi connectivity index (χ0n) is 15.0. The first-order valence-electron chi connectivity index (χ1n) is 8.21. The van der Waals surface area contributed by atoms with Crippen molar-refractivity contribution in [1.82, 2.24) is 9.88 Å². The van der Waals surface area contributed by atoms with E-state index in [1.165, 1.54) is 0 Å². The Bertz CT molecular complexity index is 620. The largest absolute Gasteiger partial charge is 0.444 e. The third kappa shape index (κ3) is 4.20. The minimum Gasteiger partial charge on any atom is -0.444 e. The fourth-order valence-corrected chi connectivity index (χ4v) is 2.51. The van der Waals surface area contributed by atoms with Crippen LogP contribution in [0.15, 0.2) is 22.9 Å². The van der Waals surface area contributed by atoms with Crippen molar-refractivity contribution in [1.29, 1.82) is 0 Å². The lowest BCUT2D eigenvalue weighted by Crippen LogP contribution is -2.42. The summed E-state index contributed by atoms with van der Waals surface area (Å²) >= 11 is 3.19. The van der Waals surface area contributed by atoms with Crippen LogP contribution in [0.4, 0.5) is 4.79 Å². The number of rotatable bonds is 1. The van der Waals surface area contributed by atoms with Crippen LogP contribution in [-0.2, 0) is 4.74 Å². The standard InChI is InChI=1S/C15H21BrN2O2/c1-15(2,3)20-14(19)18-6-4-5-11(10-18)12-7-13(16)9-17-8-12/h7-9,11H,4-6,10H2,1-3H3/i7D,8D,9D. The van der Waals surface area contributed by atoms with Crippen LogP contribution in [0.3, 0.4) is 0 Å². The Morgan fingerprint density at radius 2 is 2.30 bits per heavy atom. The van der Waals surface area contributed by atoms with Gasteiger partial charge in [0.05, 0.1) is 4.11 Å². The van der Waals surface area contributed by atoms with Gasteiger partial charge in [-0.1, -0.05) is 0 Å². The molecule has 0 aromatic carbocycles. The topological polar surface area (TPSA) is 42.4 Å². The van der Waals surface area contributed by atoms with Gasteiger partial charge in [-0.3, -0.25) is 4.98 Å². The maximum atomic E-state index is 12.2. The number of carbonyl (C=O) groups is 1. The molecule has 0 saturated carbocycles. The van der Waals surface area contributed by atoms with Crippen LogP contribution in [0, 0.1) is 0 Å². The maximum Gasteiger partial charge on any atom is 0.410 e. The number of pyridine rings is 1. The van der Waals surface area contributed by atoms with Crippen LogP contribution >= 0.6 is 15.9 Å². The van der Waals surface area contributed by atoms with Gasteiger partial charge in [-0.25, -0.2) is 4.79 Å². The van der Waals surface area contributed by atoms with E-state index in [2.05, 4.69) is 20.9 Å². The van der Waals surface area contributed by atoms with E-state index >= 15 is 0 Å². The lowest BCUT2D eigenvalue weighted by Gasteiger charge is -2.34. The highest BCUT2D eigenvalue weighted by Crippen LogP contribution is 2.28. The molecule has 1 unspecified atom stereocenters. The molecule has 0 spiro atoms. The molecule has 5 heteroatoms. The van der Waals surface area contributed by atoms with Gasteiger partial charge in [0, 0.05) is 35.8 Å². The van der Waals surface area contributed by atoms with Crippen molar-refractivity contribution in [3.63, 3.8) is 0 Å². The molecule has 0 bridgehead atoms. The van der Waals surface area contributed by atoms with E-state index in [4.69, 9.17) is 8.85 Å². The van der Waals surface area contributed by atoms with Gasteiger partial charge in [-0.2, -0.15) is 0 Å². The van der Waals surface area contributed by atoms with Crippen molar-refractivity contribution in [2.75, 3.05) is 13.1 Å². The molecule has 2 heterocycles. The van der Waals surface area contributed by atoms with E-state index in [0.29, 0.717) is 18.7 Å². The molecule has 1 fully saturated rings. The zero-order valence-corrected chi connectivity index (χ0v) is 13.6. The monoisotopic (exact) mass is 343 g/mol. The first kappa shape index (κ1) is 11.5. The van der Waals surface area contributed by atoms with Crippen molar-refractivity contribution in [3.05, 3.63) is 28.4 Å². The van der Waals surface area contributed by atoms with E-state index in [0.717, 1.165) is 12.8 Å². The second kappa shape index (κ2) is 6.12. The Kier molecular flexibility index (Phi) is 3.53. The number of carbonyl (C=O) groups excluding carboxylic acids is 1. The Hall–Kier alpha value is -1.10. The molecule has 0 aliphatic carbocycles. The summed E-state index contributed by atoms with van der Waals surface area (Å²) in [5, 5.41) is 0. The molecule has 20 heavy (non-hydrogen) atoms. The van der Waals surface area contributed by atoms with Crippen LogP contribution in [0.5, 0.6) is 0 Å². The smallest absolute Gasteiger partial charge is 0.410 e. The lowest BCUT2D eigenvalue weighted by molar-refractivity contribution is 0.0198. The normalized spacial score (nSPS) is 21.9. The summed E-state index contributed by atoms with van der Waals surface area (Å²) < 4.78 is 29.5. The summed E-state index contributed by atoms with van der Waals surface area (Å²) in [5.41, 5.74) is -0.0658. The highest BCUT2D eigenvalue weighted by Gasteiger charge is 2.28. The Balaban J connectivity index is 2.22. The molecular weight excluding hydrogens is 320 g/mol. The van der Waals surface area contributed by atoms with Gasteiger partial charge < -0.3 is 9.64 Å². The molecule has 0 N–H and O–H groups in total. The van der Waals surface area contributed by atoms with Gasteiger partial charge in [-0.15, -0.1) is 0 Å². The maximum absolute atomic E-state index is 12.2. The van der Waals surface area contributed by atoms with Crippen LogP contribution in [0.25, 0.3) is 0 Å². The SMILES string of the molecule is [2H]c1nc([2H])c(C2CCCN(C(=O)OC(C)(C)C)C2)c([2H])c1Br. The Labute approximate surface area is 132 Å². The van der Waals surface area contributed by atoms with Gasteiger partial charge in [0.2, 0.25) is 0 Å². The summed E-state index contributed by atoms with van der Waals surface area (Å²) in [7, 11) is 0. The first-order valence-corrected chi connectivity index (χ1v) is 7.50. The summed E-state index contributed by atoms with van der Waals surface area (Å²) in [6, 6.07) is 0.117. The number of halogens is 1. The molecule has 110 valence electrons. The molecule has 1 saturated heterocycles. The van der Waals surface area contributed by atoms with Gasteiger partial charge >= 0.3 is 6.09 Å². The number of ether oxygens (including phenoxy) is 1. The first-order chi connectivity index (χ1) is 10.6. The molecule has 1 aliphatic rings. The summed E-state index contributed by atoms with van der Waals surface area (Å²) in [4.78, 5) is 17.7. The van der Waals surface area contributed by atoms with Crippen LogP contribution in [-0.4, -0.2) is 34.7 Å². The van der Waals surface area contributed by atoms with Crippen molar-refractivity contribution in [3.8, 4) is 0 Å². The highest BCUT2D eigenvalue weighted by molar-refractivity contribution is 9.10. The number of piperidine rings is 1. The fraction of sp³-hybridized carbons (Fsp3) is 0.600. The van der Waals surface area contributed by atoms with E-state index in [1.807, 2.05) is 20.8 Å².